The predicted molar refractivity (Wildman–Crippen MR) is 95.9 cm³/mol. The molecule has 0 unspecified atom stereocenters. The highest BCUT2D eigenvalue weighted by atomic mass is 19.4. The van der Waals surface area contributed by atoms with Gasteiger partial charge in [-0.2, -0.15) is 13.2 Å². The fourth-order valence-corrected chi connectivity index (χ4v) is 2.61. The molecule has 1 N–H and O–H groups in total. The molecule has 28 heavy (non-hydrogen) atoms. The number of hydrogen-bond acceptors (Lipinski definition) is 4. The van der Waals surface area contributed by atoms with Crippen molar-refractivity contribution in [2.24, 2.45) is 0 Å². The van der Waals surface area contributed by atoms with Crippen LogP contribution in [0.15, 0.2) is 59.1 Å². The van der Waals surface area contributed by atoms with Gasteiger partial charge in [0.2, 0.25) is 0 Å². The van der Waals surface area contributed by atoms with Crippen LogP contribution in [0.5, 0.6) is 5.75 Å². The molecule has 8 heteroatoms. The SMILES string of the molecule is Cc1noc(-c2cccc(C(F)(F)F)c2)c1C(=O)NCCOc1ccccc1. The van der Waals surface area contributed by atoms with E-state index < -0.39 is 17.6 Å². The van der Waals surface area contributed by atoms with Gasteiger partial charge in [0.15, 0.2) is 5.76 Å². The molecular formula is C20H17F3N2O3. The first-order valence-corrected chi connectivity index (χ1v) is 8.46. The Morgan fingerprint density at radius 1 is 1.14 bits per heavy atom. The number of nitrogens with zero attached hydrogens (tertiary/aromatic N) is 1. The van der Waals surface area contributed by atoms with Gasteiger partial charge in [0, 0.05) is 5.56 Å². The summed E-state index contributed by atoms with van der Waals surface area (Å²) in [5.41, 5.74) is -0.323. The van der Waals surface area contributed by atoms with Gasteiger partial charge in [-0.05, 0) is 31.2 Å². The number of amides is 1. The lowest BCUT2D eigenvalue weighted by Crippen LogP contribution is -2.28. The fourth-order valence-electron chi connectivity index (χ4n) is 2.61. The smallest absolute Gasteiger partial charge is 0.416 e. The Morgan fingerprint density at radius 2 is 1.89 bits per heavy atom. The van der Waals surface area contributed by atoms with Gasteiger partial charge in [-0.1, -0.05) is 35.5 Å². The van der Waals surface area contributed by atoms with Gasteiger partial charge >= 0.3 is 6.18 Å². The first-order chi connectivity index (χ1) is 13.4. The molecule has 0 spiro atoms. The molecule has 1 aromatic heterocycles. The summed E-state index contributed by atoms with van der Waals surface area (Å²) in [4.78, 5) is 12.5. The molecule has 0 atom stereocenters. The number of carbonyl (C=O) groups excluding carboxylic acids is 1. The molecule has 3 rings (SSSR count). The zero-order valence-electron chi connectivity index (χ0n) is 14.9. The summed E-state index contributed by atoms with van der Waals surface area (Å²) in [6.07, 6.45) is -4.50. The minimum atomic E-state index is -4.50. The summed E-state index contributed by atoms with van der Waals surface area (Å²) < 4.78 is 49.5. The summed E-state index contributed by atoms with van der Waals surface area (Å²) in [7, 11) is 0. The van der Waals surface area contributed by atoms with Crippen molar-refractivity contribution in [3.8, 4) is 17.1 Å². The van der Waals surface area contributed by atoms with E-state index in [2.05, 4.69) is 10.5 Å². The maximum atomic E-state index is 13.0. The lowest BCUT2D eigenvalue weighted by Gasteiger charge is -2.09. The number of carbonyl (C=O) groups is 1. The standard InChI is InChI=1S/C20H17F3N2O3/c1-13-17(19(26)24-10-11-27-16-8-3-2-4-9-16)18(28-25-13)14-6-5-7-15(12-14)20(21,22)23/h2-9,12H,10-11H2,1H3,(H,24,26). The Morgan fingerprint density at radius 3 is 2.61 bits per heavy atom. The van der Waals surface area contributed by atoms with E-state index >= 15 is 0 Å². The molecular weight excluding hydrogens is 373 g/mol. The first kappa shape index (κ1) is 19.5. The van der Waals surface area contributed by atoms with Gasteiger partial charge in [0.05, 0.1) is 17.8 Å². The Labute approximate surface area is 159 Å². The number of aryl methyl sites for hydroxylation is 1. The van der Waals surface area contributed by atoms with Crippen LogP contribution in [-0.2, 0) is 6.18 Å². The highest BCUT2D eigenvalue weighted by Gasteiger charge is 2.31. The molecule has 0 saturated carbocycles. The highest BCUT2D eigenvalue weighted by Crippen LogP contribution is 2.33. The average molecular weight is 390 g/mol. The van der Waals surface area contributed by atoms with E-state index in [4.69, 9.17) is 9.26 Å². The van der Waals surface area contributed by atoms with Crippen molar-refractivity contribution < 1.29 is 27.2 Å². The van der Waals surface area contributed by atoms with Crippen LogP contribution in [0.2, 0.25) is 0 Å². The maximum Gasteiger partial charge on any atom is 0.416 e. The van der Waals surface area contributed by atoms with Crippen molar-refractivity contribution in [2.45, 2.75) is 13.1 Å². The van der Waals surface area contributed by atoms with Crippen LogP contribution in [0.1, 0.15) is 21.6 Å². The third-order valence-electron chi connectivity index (χ3n) is 3.94. The Kier molecular flexibility index (Phi) is 5.67. The second kappa shape index (κ2) is 8.16. The molecule has 3 aromatic rings. The van der Waals surface area contributed by atoms with Crippen molar-refractivity contribution >= 4 is 5.91 Å². The Balaban J connectivity index is 1.71. The number of benzene rings is 2. The Bertz CT molecular complexity index is 953. The summed E-state index contributed by atoms with van der Waals surface area (Å²) in [5, 5.41) is 6.40. The lowest BCUT2D eigenvalue weighted by molar-refractivity contribution is -0.137. The number of aromatic nitrogens is 1. The highest BCUT2D eigenvalue weighted by molar-refractivity contribution is 6.00. The third kappa shape index (κ3) is 4.51. The minimum absolute atomic E-state index is 0.00919. The van der Waals surface area contributed by atoms with Gasteiger partial charge in [0.1, 0.15) is 17.9 Å². The average Bonchev–Trinajstić information content (AvgIpc) is 3.07. The molecule has 0 aliphatic heterocycles. The van der Waals surface area contributed by atoms with E-state index in [0.717, 1.165) is 12.1 Å². The van der Waals surface area contributed by atoms with Crippen molar-refractivity contribution in [3.05, 3.63) is 71.4 Å². The number of alkyl halides is 3. The molecule has 2 aromatic carbocycles. The van der Waals surface area contributed by atoms with E-state index in [1.54, 1.807) is 19.1 Å². The number of para-hydroxylation sites is 1. The maximum absolute atomic E-state index is 13.0. The second-order valence-electron chi connectivity index (χ2n) is 5.97. The van der Waals surface area contributed by atoms with Crippen LogP contribution >= 0.6 is 0 Å². The van der Waals surface area contributed by atoms with E-state index in [1.807, 2.05) is 18.2 Å². The molecule has 0 aliphatic carbocycles. The monoisotopic (exact) mass is 390 g/mol. The minimum Gasteiger partial charge on any atom is -0.492 e. The van der Waals surface area contributed by atoms with Crippen LogP contribution < -0.4 is 10.1 Å². The summed E-state index contributed by atoms with van der Waals surface area (Å²) in [6, 6.07) is 13.7. The van der Waals surface area contributed by atoms with Gasteiger partial charge < -0.3 is 14.6 Å². The van der Waals surface area contributed by atoms with E-state index in [9.17, 15) is 18.0 Å². The molecule has 0 radical (unpaired) electrons. The number of rotatable bonds is 6. The molecule has 1 amide bonds. The lowest BCUT2D eigenvalue weighted by atomic mass is 10.0. The van der Waals surface area contributed by atoms with E-state index in [0.29, 0.717) is 5.75 Å². The molecule has 0 saturated heterocycles. The molecule has 0 fully saturated rings. The summed E-state index contributed by atoms with van der Waals surface area (Å²) >= 11 is 0. The van der Waals surface area contributed by atoms with Crippen LogP contribution in [0.3, 0.4) is 0 Å². The van der Waals surface area contributed by atoms with Crippen molar-refractivity contribution in [1.29, 1.82) is 0 Å². The molecule has 0 bridgehead atoms. The van der Waals surface area contributed by atoms with E-state index in [-0.39, 0.29) is 35.7 Å². The van der Waals surface area contributed by atoms with Gasteiger partial charge in [-0.15, -0.1) is 0 Å². The zero-order chi connectivity index (χ0) is 20.1. The molecule has 1 heterocycles. The van der Waals surface area contributed by atoms with Gasteiger partial charge in [-0.25, -0.2) is 0 Å². The van der Waals surface area contributed by atoms with Crippen LogP contribution in [-0.4, -0.2) is 24.2 Å². The van der Waals surface area contributed by atoms with Crippen LogP contribution in [0, 0.1) is 6.92 Å². The largest absolute Gasteiger partial charge is 0.492 e. The second-order valence-corrected chi connectivity index (χ2v) is 5.97. The zero-order valence-corrected chi connectivity index (χ0v) is 14.9. The van der Waals surface area contributed by atoms with Crippen LogP contribution in [0.25, 0.3) is 11.3 Å². The first-order valence-electron chi connectivity index (χ1n) is 8.46. The Hall–Kier alpha value is -3.29. The number of halogens is 3. The van der Waals surface area contributed by atoms with Crippen molar-refractivity contribution in [3.63, 3.8) is 0 Å². The van der Waals surface area contributed by atoms with Gasteiger partial charge in [0.25, 0.3) is 5.91 Å². The van der Waals surface area contributed by atoms with Crippen molar-refractivity contribution in [1.82, 2.24) is 10.5 Å². The quantitative estimate of drug-likeness (QED) is 0.631. The molecule has 146 valence electrons. The number of ether oxygens (including phenoxy) is 1. The van der Waals surface area contributed by atoms with Gasteiger partial charge in [-0.3, -0.25) is 4.79 Å². The predicted octanol–water partition coefficient (Wildman–Crippen LogP) is 4.48. The number of nitrogens with one attached hydrogen (secondary N) is 1. The third-order valence-corrected chi connectivity index (χ3v) is 3.94. The summed E-state index contributed by atoms with van der Waals surface area (Å²) in [6.45, 7) is 2.00. The van der Waals surface area contributed by atoms with E-state index in [1.165, 1.54) is 12.1 Å². The summed E-state index contributed by atoms with van der Waals surface area (Å²) in [5.74, 6) is 0.162. The normalized spacial score (nSPS) is 11.3. The number of hydrogen-bond donors (Lipinski definition) is 1. The fraction of sp³-hybridized carbons (Fsp3) is 0.200. The van der Waals surface area contributed by atoms with Crippen molar-refractivity contribution in [2.75, 3.05) is 13.2 Å². The molecule has 5 nitrogen and oxygen atoms in total. The topological polar surface area (TPSA) is 64.4 Å². The van der Waals surface area contributed by atoms with Crippen LogP contribution in [0.4, 0.5) is 13.2 Å². The molecule has 0 aliphatic rings.